The highest BCUT2D eigenvalue weighted by atomic mass is 79.9. The lowest BCUT2D eigenvalue weighted by atomic mass is 10.1. The van der Waals surface area contributed by atoms with Crippen LogP contribution in [0.2, 0.25) is 0 Å². The average molecular weight is 442 g/mol. The maximum atomic E-state index is 11.9. The summed E-state index contributed by atoms with van der Waals surface area (Å²) in [6, 6.07) is 8.43. The maximum Gasteiger partial charge on any atom is 0.282 e. The Morgan fingerprint density at radius 1 is 1.30 bits per heavy atom. The lowest BCUT2D eigenvalue weighted by molar-refractivity contribution is 0.620. The Balaban J connectivity index is 1.59. The van der Waals surface area contributed by atoms with Crippen LogP contribution in [-0.2, 0) is 7.05 Å². The molecule has 0 radical (unpaired) electrons. The molecule has 5 nitrogen and oxygen atoms in total. The summed E-state index contributed by atoms with van der Waals surface area (Å²) in [4.78, 5) is 14.3. The Morgan fingerprint density at radius 3 is 2.78 bits per heavy atom. The highest BCUT2D eigenvalue weighted by molar-refractivity contribution is 9.10. The van der Waals surface area contributed by atoms with E-state index in [-0.39, 0.29) is 5.56 Å². The molecular formula is C16H18Br2N4O. The van der Waals surface area contributed by atoms with Gasteiger partial charge in [-0.3, -0.25) is 4.79 Å². The van der Waals surface area contributed by atoms with Crippen LogP contribution in [0.5, 0.6) is 0 Å². The molecule has 1 aliphatic heterocycles. The van der Waals surface area contributed by atoms with Crippen molar-refractivity contribution < 1.29 is 0 Å². The van der Waals surface area contributed by atoms with Crippen molar-refractivity contribution in [3.05, 3.63) is 49.8 Å². The fourth-order valence-electron chi connectivity index (χ4n) is 2.77. The fraction of sp³-hybridized carbons (Fsp3) is 0.375. The molecule has 2 aromatic rings. The van der Waals surface area contributed by atoms with Gasteiger partial charge in [-0.25, -0.2) is 4.68 Å². The summed E-state index contributed by atoms with van der Waals surface area (Å²) in [5.41, 5.74) is 1.89. The second-order valence-corrected chi connectivity index (χ2v) is 7.47. The number of anilines is 2. The van der Waals surface area contributed by atoms with Gasteiger partial charge in [0.15, 0.2) is 0 Å². The van der Waals surface area contributed by atoms with Gasteiger partial charge >= 0.3 is 0 Å². The second-order valence-electron chi connectivity index (χ2n) is 5.76. The van der Waals surface area contributed by atoms with Crippen molar-refractivity contribution in [1.29, 1.82) is 0 Å². The van der Waals surface area contributed by atoms with E-state index in [1.807, 2.05) is 0 Å². The van der Waals surface area contributed by atoms with Crippen LogP contribution in [0.1, 0.15) is 6.42 Å². The van der Waals surface area contributed by atoms with Crippen LogP contribution in [-0.4, -0.2) is 29.4 Å². The summed E-state index contributed by atoms with van der Waals surface area (Å²) in [5, 5.41) is 7.40. The first-order valence-electron chi connectivity index (χ1n) is 7.51. The van der Waals surface area contributed by atoms with E-state index in [4.69, 9.17) is 0 Å². The number of benzene rings is 1. The van der Waals surface area contributed by atoms with Gasteiger partial charge in [-0.1, -0.05) is 15.9 Å². The Labute approximate surface area is 151 Å². The van der Waals surface area contributed by atoms with E-state index in [2.05, 4.69) is 71.4 Å². The highest BCUT2D eigenvalue weighted by Gasteiger charge is 2.22. The third-order valence-corrected chi connectivity index (χ3v) is 5.43. The molecule has 1 aromatic heterocycles. The number of nitrogens with one attached hydrogen (secondary N) is 1. The van der Waals surface area contributed by atoms with E-state index in [0.29, 0.717) is 10.4 Å². The molecule has 1 aromatic carbocycles. The molecule has 122 valence electrons. The van der Waals surface area contributed by atoms with Gasteiger partial charge in [-0.15, -0.1) is 0 Å². The molecule has 1 saturated heterocycles. The van der Waals surface area contributed by atoms with Crippen molar-refractivity contribution in [1.82, 2.24) is 9.78 Å². The Kier molecular flexibility index (Phi) is 5.06. The van der Waals surface area contributed by atoms with Crippen molar-refractivity contribution >= 4 is 43.2 Å². The molecule has 3 rings (SSSR count). The predicted octanol–water partition coefficient (Wildman–Crippen LogP) is 3.24. The van der Waals surface area contributed by atoms with Crippen LogP contribution < -0.4 is 15.8 Å². The van der Waals surface area contributed by atoms with E-state index in [1.165, 1.54) is 10.4 Å². The molecule has 1 atom stereocenters. The van der Waals surface area contributed by atoms with Crippen LogP contribution in [0.25, 0.3) is 0 Å². The highest BCUT2D eigenvalue weighted by Crippen LogP contribution is 2.26. The first-order valence-corrected chi connectivity index (χ1v) is 9.09. The zero-order valence-corrected chi connectivity index (χ0v) is 16.0. The van der Waals surface area contributed by atoms with Gasteiger partial charge < -0.3 is 10.2 Å². The lowest BCUT2D eigenvalue weighted by Gasteiger charge is -2.19. The van der Waals surface area contributed by atoms with Crippen LogP contribution in [0.3, 0.4) is 0 Å². The molecule has 7 heteroatoms. The number of aryl methyl sites for hydroxylation is 1. The molecule has 0 saturated carbocycles. The third-order valence-electron chi connectivity index (χ3n) is 4.14. The predicted molar refractivity (Wildman–Crippen MR) is 100 cm³/mol. The van der Waals surface area contributed by atoms with Gasteiger partial charge in [0.25, 0.3) is 5.56 Å². The van der Waals surface area contributed by atoms with E-state index in [1.54, 1.807) is 13.2 Å². The summed E-state index contributed by atoms with van der Waals surface area (Å²) in [6.07, 6.45) is 2.83. The van der Waals surface area contributed by atoms with E-state index < -0.39 is 0 Å². The summed E-state index contributed by atoms with van der Waals surface area (Å²) in [6.45, 7) is 2.91. The first kappa shape index (κ1) is 16.5. The fourth-order valence-corrected chi connectivity index (χ4v) is 3.54. The molecular weight excluding hydrogens is 424 g/mol. The van der Waals surface area contributed by atoms with Gasteiger partial charge in [0.1, 0.15) is 4.47 Å². The van der Waals surface area contributed by atoms with Crippen molar-refractivity contribution in [2.24, 2.45) is 13.0 Å². The molecule has 0 amide bonds. The molecule has 1 unspecified atom stereocenters. The molecule has 1 N–H and O–H groups in total. The zero-order chi connectivity index (χ0) is 16.4. The number of rotatable bonds is 4. The number of nitrogens with zero attached hydrogens (tertiary/aromatic N) is 3. The molecule has 23 heavy (non-hydrogen) atoms. The topological polar surface area (TPSA) is 50.2 Å². The second kappa shape index (κ2) is 7.05. The van der Waals surface area contributed by atoms with Crippen molar-refractivity contribution in [2.75, 3.05) is 29.9 Å². The number of hydrogen-bond donors (Lipinski definition) is 1. The van der Waals surface area contributed by atoms with Crippen molar-refractivity contribution in [2.45, 2.75) is 6.42 Å². The van der Waals surface area contributed by atoms with Crippen molar-refractivity contribution in [3.8, 4) is 0 Å². The van der Waals surface area contributed by atoms with Crippen LogP contribution >= 0.6 is 31.9 Å². The van der Waals surface area contributed by atoms with Crippen LogP contribution in [0, 0.1) is 5.92 Å². The largest absolute Gasteiger partial charge is 0.382 e. The van der Waals surface area contributed by atoms with Crippen LogP contribution in [0.15, 0.2) is 44.2 Å². The zero-order valence-electron chi connectivity index (χ0n) is 12.8. The van der Waals surface area contributed by atoms with Gasteiger partial charge in [-0.2, -0.15) is 5.10 Å². The smallest absolute Gasteiger partial charge is 0.282 e. The average Bonchev–Trinajstić information content (AvgIpc) is 3.02. The Morgan fingerprint density at radius 2 is 2.04 bits per heavy atom. The van der Waals surface area contributed by atoms with Gasteiger partial charge in [0.2, 0.25) is 0 Å². The molecule has 1 aliphatic rings. The maximum absolute atomic E-state index is 11.9. The third kappa shape index (κ3) is 3.77. The van der Waals surface area contributed by atoms with E-state index in [0.717, 1.165) is 36.2 Å². The Hall–Kier alpha value is -1.34. The molecule has 0 aliphatic carbocycles. The van der Waals surface area contributed by atoms with Crippen molar-refractivity contribution in [3.63, 3.8) is 0 Å². The number of hydrogen-bond acceptors (Lipinski definition) is 4. The standard InChI is InChI=1S/C16H18Br2N4O/c1-21-16(23)15(18)14(9-20-21)19-8-11-6-7-22(10-11)13-4-2-12(17)3-5-13/h2-5,9,11,19H,6-8,10H2,1H3. The van der Waals surface area contributed by atoms with E-state index in [9.17, 15) is 4.79 Å². The quantitative estimate of drug-likeness (QED) is 0.791. The summed E-state index contributed by atoms with van der Waals surface area (Å²) < 4.78 is 2.96. The summed E-state index contributed by atoms with van der Waals surface area (Å²) in [7, 11) is 1.64. The minimum Gasteiger partial charge on any atom is -0.382 e. The molecule has 0 bridgehead atoms. The van der Waals surface area contributed by atoms with Gasteiger partial charge in [0, 0.05) is 36.8 Å². The normalized spacial score (nSPS) is 17.5. The molecule has 0 spiro atoms. The molecule has 1 fully saturated rings. The minimum atomic E-state index is -0.127. The summed E-state index contributed by atoms with van der Waals surface area (Å²) in [5.74, 6) is 0.551. The lowest BCUT2D eigenvalue weighted by Crippen LogP contribution is -2.24. The van der Waals surface area contributed by atoms with E-state index >= 15 is 0 Å². The number of halogens is 2. The van der Waals surface area contributed by atoms with Gasteiger partial charge in [-0.05, 0) is 52.5 Å². The minimum absolute atomic E-state index is 0.127. The SMILES string of the molecule is Cn1ncc(NCC2CCN(c3ccc(Br)cc3)C2)c(Br)c1=O. The number of aromatic nitrogens is 2. The Bertz CT molecular complexity index is 745. The van der Waals surface area contributed by atoms with Crippen LogP contribution in [0.4, 0.5) is 11.4 Å². The molecule has 2 heterocycles. The first-order chi connectivity index (χ1) is 11.0. The van der Waals surface area contributed by atoms with Gasteiger partial charge in [0.05, 0.1) is 11.9 Å². The summed E-state index contributed by atoms with van der Waals surface area (Å²) >= 11 is 6.81. The monoisotopic (exact) mass is 440 g/mol.